The number of alkyl halides is 1. The third-order valence-corrected chi connectivity index (χ3v) is 3.86. The van der Waals surface area contributed by atoms with Crippen LogP contribution in [0, 0.1) is 22.7 Å². The predicted molar refractivity (Wildman–Crippen MR) is 88.2 cm³/mol. The van der Waals surface area contributed by atoms with Gasteiger partial charge in [0.1, 0.15) is 12.1 Å². The minimum Gasteiger partial charge on any atom is -0.236 e. The Kier molecular flexibility index (Phi) is 4.59. The maximum absolute atomic E-state index is 9.12. The van der Waals surface area contributed by atoms with E-state index in [0.29, 0.717) is 16.7 Å². The Morgan fingerprint density at radius 3 is 2.00 bits per heavy atom. The number of hydrogen-bond acceptors (Lipinski definition) is 4. The molecule has 0 unspecified atom stereocenters. The zero-order valence-corrected chi connectivity index (χ0v) is 14.3. The van der Waals surface area contributed by atoms with Gasteiger partial charge in [0, 0.05) is 10.9 Å². The fourth-order valence-electron chi connectivity index (χ4n) is 2.08. The minimum absolute atomic E-state index is 0.0575. The first kappa shape index (κ1) is 16.1. The molecule has 0 N–H and O–H groups in total. The summed E-state index contributed by atoms with van der Waals surface area (Å²) < 4.78 is 0. The van der Waals surface area contributed by atoms with E-state index in [4.69, 9.17) is 10.5 Å². The number of hydrogen-bond donors (Lipinski definition) is 0. The number of nitrogens with zero attached hydrogens (tertiary/aromatic N) is 4. The molecule has 0 saturated carbocycles. The van der Waals surface area contributed by atoms with Gasteiger partial charge in [0.2, 0.25) is 0 Å². The van der Waals surface area contributed by atoms with Crippen molar-refractivity contribution in [1.29, 1.82) is 10.5 Å². The molecule has 0 saturated heterocycles. The lowest BCUT2D eigenvalue weighted by Crippen LogP contribution is -2.10. The molecule has 0 aliphatic rings. The number of nitriles is 2. The molecule has 1 aromatic heterocycles. The second-order valence-electron chi connectivity index (χ2n) is 5.90. The molecule has 2 rings (SSSR count). The monoisotopic (exact) mass is 354 g/mol. The Balaban J connectivity index is 2.57. The normalized spacial score (nSPS) is 10.8. The van der Waals surface area contributed by atoms with Crippen LogP contribution in [0.4, 0.5) is 0 Å². The van der Waals surface area contributed by atoms with Crippen LogP contribution in [0.1, 0.15) is 43.4 Å². The SMILES string of the molecule is CC(C)(C)c1ccc(-c2nc(C#N)c(C#N)nc2CBr)cc1. The molecule has 0 atom stereocenters. The quantitative estimate of drug-likeness (QED) is 0.761. The molecule has 0 radical (unpaired) electrons. The van der Waals surface area contributed by atoms with Gasteiger partial charge in [0.05, 0.1) is 11.4 Å². The number of aromatic nitrogens is 2. The van der Waals surface area contributed by atoms with Gasteiger partial charge in [-0.15, -0.1) is 0 Å². The summed E-state index contributed by atoms with van der Waals surface area (Å²) >= 11 is 3.37. The molecule has 0 amide bonds. The van der Waals surface area contributed by atoms with Crippen LogP contribution in [0.15, 0.2) is 24.3 Å². The molecule has 0 aliphatic heterocycles. The van der Waals surface area contributed by atoms with E-state index >= 15 is 0 Å². The average Bonchev–Trinajstić information content (AvgIpc) is 2.52. The summed E-state index contributed by atoms with van der Waals surface area (Å²) in [6.07, 6.45) is 0. The highest BCUT2D eigenvalue weighted by Crippen LogP contribution is 2.27. The van der Waals surface area contributed by atoms with Gasteiger partial charge < -0.3 is 0 Å². The number of benzene rings is 1. The van der Waals surface area contributed by atoms with Gasteiger partial charge in [0.25, 0.3) is 0 Å². The van der Waals surface area contributed by atoms with Crippen molar-refractivity contribution in [2.45, 2.75) is 31.5 Å². The smallest absolute Gasteiger partial charge is 0.177 e. The summed E-state index contributed by atoms with van der Waals surface area (Å²) in [5, 5.41) is 18.6. The highest BCUT2D eigenvalue weighted by atomic mass is 79.9. The van der Waals surface area contributed by atoms with Crippen molar-refractivity contribution in [2.24, 2.45) is 0 Å². The van der Waals surface area contributed by atoms with E-state index in [0.717, 1.165) is 5.56 Å². The number of halogens is 1. The second-order valence-corrected chi connectivity index (χ2v) is 6.46. The van der Waals surface area contributed by atoms with Crippen LogP contribution in [0.2, 0.25) is 0 Å². The van der Waals surface area contributed by atoms with Crippen molar-refractivity contribution < 1.29 is 0 Å². The highest BCUT2D eigenvalue weighted by Gasteiger charge is 2.16. The van der Waals surface area contributed by atoms with Gasteiger partial charge in [-0.05, 0) is 11.0 Å². The van der Waals surface area contributed by atoms with Crippen molar-refractivity contribution in [1.82, 2.24) is 9.97 Å². The van der Waals surface area contributed by atoms with Gasteiger partial charge in [0.15, 0.2) is 11.4 Å². The van der Waals surface area contributed by atoms with E-state index in [9.17, 15) is 0 Å². The van der Waals surface area contributed by atoms with Crippen LogP contribution in [-0.2, 0) is 10.7 Å². The summed E-state index contributed by atoms with van der Waals surface area (Å²) in [6.45, 7) is 6.46. The first-order valence-corrected chi connectivity index (χ1v) is 7.91. The third kappa shape index (κ3) is 3.16. The zero-order chi connectivity index (χ0) is 16.3. The molecule has 5 heteroatoms. The van der Waals surface area contributed by atoms with Crippen molar-refractivity contribution in [3.8, 4) is 23.4 Å². The third-order valence-electron chi connectivity index (χ3n) is 3.33. The predicted octanol–water partition coefficient (Wildman–Crippen LogP) is 4.08. The summed E-state index contributed by atoms with van der Waals surface area (Å²) in [5.74, 6) is 0. The molecule has 110 valence electrons. The van der Waals surface area contributed by atoms with Gasteiger partial charge in [-0.25, -0.2) is 9.97 Å². The fraction of sp³-hybridized carbons (Fsp3) is 0.294. The second kappa shape index (κ2) is 6.25. The van der Waals surface area contributed by atoms with Gasteiger partial charge >= 0.3 is 0 Å². The van der Waals surface area contributed by atoms with E-state index < -0.39 is 0 Å². The average molecular weight is 355 g/mol. The molecule has 0 aliphatic carbocycles. The van der Waals surface area contributed by atoms with E-state index in [-0.39, 0.29) is 16.8 Å². The fourth-order valence-corrected chi connectivity index (χ4v) is 2.47. The van der Waals surface area contributed by atoms with Gasteiger partial charge in [-0.2, -0.15) is 10.5 Å². The molecular formula is C17H15BrN4. The van der Waals surface area contributed by atoms with Crippen molar-refractivity contribution in [2.75, 3.05) is 0 Å². The van der Waals surface area contributed by atoms with Crippen molar-refractivity contribution >= 4 is 15.9 Å². The molecule has 22 heavy (non-hydrogen) atoms. The summed E-state index contributed by atoms with van der Waals surface area (Å²) in [7, 11) is 0. The molecular weight excluding hydrogens is 340 g/mol. The molecule has 4 nitrogen and oxygen atoms in total. The largest absolute Gasteiger partial charge is 0.236 e. The lowest BCUT2D eigenvalue weighted by atomic mass is 9.86. The van der Waals surface area contributed by atoms with Crippen LogP contribution < -0.4 is 0 Å². The van der Waals surface area contributed by atoms with Crippen LogP contribution in [0.25, 0.3) is 11.3 Å². The molecule has 0 fully saturated rings. The Labute approximate surface area is 138 Å². The Bertz CT molecular complexity index is 775. The van der Waals surface area contributed by atoms with E-state index in [1.165, 1.54) is 5.56 Å². The van der Waals surface area contributed by atoms with Crippen LogP contribution in [-0.4, -0.2) is 9.97 Å². The molecule has 2 aromatic rings. The zero-order valence-electron chi connectivity index (χ0n) is 12.7. The van der Waals surface area contributed by atoms with Crippen LogP contribution in [0.5, 0.6) is 0 Å². The van der Waals surface area contributed by atoms with E-state index in [1.807, 2.05) is 24.3 Å². The minimum atomic E-state index is 0.0575. The van der Waals surface area contributed by atoms with E-state index in [1.54, 1.807) is 0 Å². The van der Waals surface area contributed by atoms with Gasteiger partial charge in [-0.1, -0.05) is 61.0 Å². The van der Waals surface area contributed by atoms with Crippen LogP contribution in [0.3, 0.4) is 0 Å². The molecule has 1 aromatic carbocycles. The standard InChI is InChI=1S/C17H15BrN4/c1-17(2,3)12-6-4-11(5-7-12)16-13(8-18)21-14(9-19)15(10-20)22-16/h4-7H,8H2,1-3H3. The first-order chi connectivity index (χ1) is 10.4. The van der Waals surface area contributed by atoms with E-state index in [2.05, 4.69) is 58.8 Å². The summed E-state index contributed by atoms with van der Waals surface area (Å²) in [5.41, 5.74) is 3.58. The molecule has 0 bridgehead atoms. The highest BCUT2D eigenvalue weighted by molar-refractivity contribution is 9.08. The topological polar surface area (TPSA) is 73.4 Å². The maximum atomic E-state index is 9.12. The Hall–Kier alpha value is -2.24. The molecule has 0 spiro atoms. The lowest BCUT2D eigenvalue weighted by Gasteiger charge is -2.19. The van der Waals surface area contributed by atoms with Crippen molar-refractivity contribution in [3.05, 3.63) is 46.9 Å². The molecule has 1 heterocycles. The Morgan fingerprint density at radius 1 is 1.00 bits per heavy atom. The Morgan fingerprint density at radius 2 is 1.55 bits per heavy atom. The lowest BCUT2D eigenvalue weighted by molar-refractivity contribution is 0.590. The van der Waals surface area contributed by atoms with Gasteiger partial charge in [-0.3, -0.25) is 0 Å². The van der Waals surface area contributed by atoms with Crippen LogP contribution >= 0.6 is 15.9 Å². The number of rotatable bonds is 2. The summed E-state index contributed by atoms with van der Waals surface area (Å²) in [6, 6.07) is 11.9. The maximum Gasteiger partial charge on any atom is 0.177 e. The van der Waals surface area contributed by atoms with Crippen molar-refractivity contribution in [3.63, 3.8) is 0 Å². The summed E-state index contributed by atoms with van der Waals surface area (Å²) in [4.78, 5) is 8.55. The first-order valence-electron chi connectivity index (χ1n) is 6.78.